The van der Waals surface area contributed by atoms with Gasteiger partial charge in [0.1, 0.15) is 0 Å². The highest BCUT2D eigenvalue weighted by atomic mass is 79.9. The average Bonchev–Trinajstić information content (AvgIpc) is 2.07. The van der Waals surface area contributed by atoms with E-state index in [1.807, 2.05) is 0 Å². The number of pyridine rings is 1. The highest BCUT2D eigenvalue weighted by Crippen LogP contribution is 2.30. The smallest absolute Gasteiger partial charge is 0.376 e. The van der Waals surface area contributed by atoms with Gasteiger partial charge in [0.05, 0.1) is 16.5 Å². The number of hydrogen-bond acceptors (Lipinski definition) is 4. The van der Waals surface area contributed by atoms with Gasteiger partial charge in [-0.3, -0.25) is 14.9 Å². The van der Waals surface area contributed by atoms with Gasteiger partial charge in [0, 0.05) is 6.20 Å². The van der Waals surface area contributed by atoms with Crippen molar-refractivity contribution in [3.05, 3.63) is 31.1 Å². The molecule has 1 aromatic rings. The topological polar surface area (TPSA) is 85.2 Å². The van der Waals surface area contributed by atoms with Crippen molar-refractivity contribution in [2.24, 2.45) is 0 Å². The lowest BCUT2D eigenvalue weighted by molar-refractivity contribution is -0.387. The summed E-state index contributed by atoms with van der Waals surface area (Å²) >= 11 is 3.01. The molecule has 0 saturated heterocycles. The van der Waals surface area contributed by atoms with Gasteiger partial charge in [-0.25, -0.2) is 0 Å². The minimum atomic E-state index is -0.789. The lowest BCUT2D eigenvalue weighted by Gasteiger charge is -2.01. The summed E-state index contributed by atoms with van der Waals surface area (Å²) in [5, 5.41) is 10.4. The zero-order valence-electron chi connectivity index (χ0n) is 6.54. The Bertz CT molecular complexity index is 400. The van der Waals surface area contributed by atoms with Crippen molar-refractivity contribution in [2.75, 3.05) is 7.11 Å². The molecule has 6 nitrogen and oxygen atoms in total. The molecule has 1 aromatic heterocycles. The van der Waals surface area contributed by atoms with Crippen LogP contribution in [0.4, 0.5) is 5.69 Å². The normalized spacial score (nSPS) is 9.69. The first-order valence-electron chi connectivity index (χ1n) is 3.17. The molecule has 0 saturated carbocycles. The lowest BCUT2D eigenvalue weighted by Crippen LogP contribution is -2.12. The quantitative estimate of drug-likeness (QED) is 0.627. The molecule has 13 heavy (non-hydrogen) atoms. The second kappa shape index (κ2) is 3.56. The lowest BCUT2D eigenvalue weighted by atomic mass is 10.4. The number of methoxy groups -OCH3 is 1. The fraction of sp³-hybridized carbons (Fsp3) is 0.167. The van der Waals surface area contributed by atoms with Gasteiger partial charge < -0.3 is 9.72 Å². The molecule has 0 spiro atoms. The summed E-state index contributed by atoms with van der Waals surface area (Å²) < 4.78 is 5.04. The maximum absolute atomic E-state index is 11.0. The minimum Gasteiger partial charge on any atom is -0.489 e. The molecule has 1 N–H and O–H groups in total. The van der Waals surface area contributed by atoms with Crippen molar-refractivity contribution in [3.8, 4) is 5.75 Å². The zero-order chi connectivity index (χ0) is 10.0. The third-order valence-corrected chi connectivity index (χ3v) is 1.95. The molecule has 0 fully saturated rings. The number of nitrogens with one attached hydrogen (secondary N) is 1. The Morgan fingerprint density at radius 1 is 1.69 bits per heavy atom. The fourth-order valence-electron chi connectivity index (χ4n) is 0.839. The fourth-order valence-corrected chi connectivity index (χ4v) is 1.30. The van der Waals surface area contributed by atoms with Crippen LogP contribution in [0.15, 0.2) is 15.5 Å². The number of H-pyrrole nitrogens is 1. The Labute approximate surface area is 80.8 Å². The van der Waals surface area contributed by atoms with Crippen molar-refractivity contribution in [1.29, 1.82) is 0 Å². The molecule has 0 bridgehead atoms. The number of aromatic amines is 1. The Hall–Kier alpha value is -1.37. The van der Waals surface area contributed by atoms with E-state index in [9.17, 15) is 14.9 Å². The van der Waals surface area contributed by atoms with Gasteiger partial charge in [0.15, 0.2) is 0 Å². The summed E-state index contributed by atoms with van der Waals surface area (Å²) in [5.74, 6) is -0.0752. The van der Waals surface area contributed by atoms with Crippen molar-refractivity contribution in [3.63, 3.8) is 0 Å². The molecule has 0 radical (unpaired) electrons. The van der Waals surface area contributed by atoms with Crippen molar-refractivity contribution in [1.82, 2.24) is 4.98 Å². The summed E-state index contributed by atoms with van der Waals surface area (Å²) in [6.45, 7) is 0. The molecule has 0 amide bonds. The number of nitrogens with zero attached hydrogens (tertiary/aromatic N) is 1. The Morgan fingerprint density at radius 2 is 2.31 bits per heavy atom. The van der Waals surface area contributed by atoms with Crippen molar-refractivity contribution < 1.29 is 9.66 Å². The number of hydrogen-bond donors (Lipinski definition) is 1. The van der Waals surface area contributed by atoms with Gasteiger partial charge in [0.25, 0.3) is 0 Å². The highest BCUT2D eigenvalue weighted by Gasteiger charge is 2.22. The first-order chi connectivity index (χ1) is 6.07. The highest BCUT2D eigenvalue weighted by molar-refractivity contribution is 9.10. The van der Waals surface area contributed by atoms with Gasteiger partial charge in [-0.15, -0.1) is 0 Å². The van der Waals surface area contributed by atoms with Crippen LogP contribution in [0, 0.1) is 10.1 Å². The van der Waals surface area contributed by atoms with Crippen LogP contribution in [-0.2, 0) is 0 Å². The first-order valence-corrected chi connectivity index (χ1v) is 3.96. The molecule has 0 aromatic carbocycles. The molecule has 70 valence electrons. The van der Waals surface area contributed by atoms with Crippen LogP contribution >= 0.6 is 15.9 Å². The molecular weight excluding hydrogens is 244 g/mol. The van der Waals surface area contributed by atoms with E-state index in [4.69, 9.17) is 4.74 Å². The SMILES string of the molecule is COc1c(Br)c[nH]c(=O)c1[N+](=O)[O-]. The monoisotopic (exact) mass is 248 g/mol. The van der Waals surface area contributed by atoms with Crippen LogP contribution in [-0.4, -0.2) is 17.0 Å². The van der Waals surface area contributed by atoms with Gasteiger partial charge in [-0.2, -0.15) is 0 Å². The van der Waals surface area contributed by atoms with E-state index in [2.05, 4.69) is 20.9 Å². The van der Waals surface area contributed by atoms with E-state index < -0.39 is 16.2 Å². The maximum atomic E-state index is 11.0. The maximum Gasteiger partial charge on any atom is 0.376 e. The molecule has 0 aliphatic heterocycles. The molecule has 0 unspecified atom stereocenters. The standard InChI is InChI=1S/C6H5BrN2O4/c1-13-5-3(7)2-8-6(10)4(5)9(11)12/h2H,1H3,(H,8,10). The minimum absolute atomic E-state index is 0.0752. The van der Waals surface area contributed by atoms with Crippen molar-refractivity contribution in [2.45, 2.75) is 0 Å². The predicted molar refractivity (Wildman–Crippen MR) is 48.0 cm³/mol. The summed E-state index contributed by atoms with van der Waals surface area (Å²) in [6, 6.07) is 0. The summed E-state index contributed by atoms with van der Waals surface area (Å²) in [5.41, 5.74) is -1.39. The van der Waals surface area contributed by atoms with Crippen molar-refractivity contribution >= 4 is 21.6 Å². The Kier molecular flexibility index (Phi) is 2.66. The van der Waals surface area contributed by atoms with Crippen LogP contribution in [0.1, 0.15) is 0 Å². The number of nitro groups is 1. The van der Waals surface area contributed by atoms with Gasteiger partial charge >= 0.3 is 11.2 Å². The summed E-state index contributed by atoms with van der Waals surface area (Å²) in [6.07, 6.45) is 1.29. The first kappa shape index (κ1) is 9.72. The van der Waals surface area contributed by atoms with Gasteiger partial charge in [0.2, 0.25) is 5.75 Å². The van der Waals surface area contributed by atoms with E-state index in [0.717, 1.165) is 0 Å². The van der Waals surface area contributed by atoms with Gasteiger partial charge in [-0.1, -0.05) is 0 Å². The molecule has 7 heteroatoms. The number of aromatic nitrogens is 1. The number of halogens is 1. The van der Waals surface area contributed by atoms with E-state index in [1.54, 1.807) is 0 Å². The summed E-state index contributed by atoms with van der Waals surface area (Å²) in [7, 11) is 1.26. The predicted octanol–water partition coefficient (Wildman–Crippen LogP) is 1.05. The average molecular weight is 249 g/mol. The second-order valence-corrected chi connectivity index (χ2v) is 2.96. The van der Waals surface area contributed by atoms with E-state index >= 15 is 0 Å². The Balaban J connectivity index is 3.53. The van der Waals surface area contributed by atoms with Crippen LogP contribution in [0.3, 0.4) is 0 Å². The molecule has 0 aliphatic rings. The summed E-state index contributed by atoms with van der Waals surface area (Å²) in [4.78, 5) is 22.8. The third kappa shape index (κ3) is 1.69. The van der Waals surface area contributed by atoms with Gasteiger partial charge in [-0.05, 0) is 15.9 Å². The van der Waals surface area contributed by atoms with E-state index in [0.29, 0.717) is 4.47 Å². The molecule has 1 heterocycles. The molecule has 0 atom stereocenters. The molecule has 0 aliphatic carbocycles. The second-order valence-electron chi connectivity index (χ2n) is 2.10. The van der Waals surface area contributed by atoms with Crippen LogP contribution in [0.2, 0.25) is 0 Å². The Morgan fingerprint density at radius 3 is 2.69 bits per heavy atom. The molecule has 1 rings (SSSR count). The van der Waals surface area contributed by atoms with Crippen LogP contribution in [0.5, 0.6) is 5.75 Å². The van der Waals surface area contributed by atoms with E-state index in [1.165, 1.54) is 13.3 Å². The van der Waals surface area contributed by atoms with Crippen LogP contribution < -0.4 is 10.3 Å². The number of ether oxygens (including phenoxy) is 1. The number of rotatable bonds is 2. The largest absolute Gasteiger partial charge is 0.489 e. The third-order valence-electron chi connectivity index (χ3n) is 1.36. The molecular formula is C6H5BrN2O4. The van der Waals surface area contributed by atoms with Crippen LogP contribution in [0.25, 0.3) is 0 Å². The zero-order valence-corrected chi connectivity index (χ0v) is 8.12. The van der Waals surface area contributed by atoms with E-state index in [-0.39, 0.29) is 5.75 Å².